The van der Waals surface area contributed by atoms with Crippen molar-refractivity contribution in [3.8, 4) is 0 Å². The molecule has 27 heavy (non-hydrogen) atoms. The Balaban J connectivity index is 1.44. The van der Waals surface area contributed by atoms with Crippen LogP contribution in [-0.4, -0.2) is 25.9 Å². The zero-order valence-corrected chi connectivity index (χ0v) is 17.2. The van der Waals surface area contributed by atoms with Gasteiger partial charge < -0.3 is 9.47 Å². The highest BCUT2D eigenvalue weighted by molar-refractivity contribution is 7.71. The van der Waals surface area contributed by atoms with Gasteiger partial charge in [0.05, 0.1) is 16.8 Å². The summed E-state index contributed by atoms with van der Waals surface area (Å²) in [5.41, 5.74) is 1.13. The molecule has 1 fully saturated rings. The van der Waals surface area contributed by atoms with E-state index < -0.39 is 0 Å². The predicted molar refractivity (Wildman–Crippen MR) is 111 cm³/mol. The van der Waals surface area contributed by atoms with Gasteiger partial charge in [-0.05, 0) is 50.0 Å². The average Bonchev–Trinajstić information content (AvgIpc) is 3.15. The van der Waals surface area contributed by atoms with Crippen LogP contribution >= 0.6 is 23.6 Å². The van der Waals surface area contributed by atoms with Gasteiger partial charge in [-0.2, -0.15) is 9.78 Å². The molecular weight excluding hydrogens is 374 g/mol. The molecular formula is C20H26N5S2+. The summed E-state index contributed by atoms with van der Waals surface area (Å²) in [7, 11) is 0. The molecule has 0 amide bonds. The van der Waals surface area contributed by atoms with E-state index in [1.54, 1.807) is 4.90 Å². The molecule has 1 aromatic carbocycles. The first-order chi connectivity index (χ1) is 13.3. The Labute approximate surface area is 168 Å². The van der Waals surface area contributed by atoms with Crippen molar-refractivity contribution < 1.29 is 4.90 Å². The van der Waals surface area contributed by atoms with Gasteiger partial charge in [-0.1, -0.05) is 18.6 Å². The molecule has 0 spiro atoms. The van der Waals surface area contributed by atoms with Crippen LogP contribution in [0.25, 0.3) is 10.2 Å². The van der Waals surface area contributed by atoms with Crippen LogP contribution in [-0.2, 0) is 19.6 Å². The van der Waals surface area contributed by atoms with Crippen molar-refractivity contribution in [1.29, 1.82) is 0 Å². The molecule has 3 aromatic rings. The van der Waals surface area contributed by atoms with E-state index in [0.29, 0.717) is 6.04 Å². The fourth-order valence-corrected chi connectivity index (χ4v) is 5.99. The highest BCUT2D eigenvalue weighted by Crippen LogP contribution is 2.28. The quantitative estimate of drug-likeness (QED) is 0.684. The van der Waals surface area contributed by atoms with Crippen molar-refractivity contribution in [2.75, 3.05) is 6.54 Å². The van der Waals surface area contributed by atoms with Crippen molar-refractivity contribution in [3.05, 3.63) is 39.9 Å². The Morgan fingerprint density at radius 1 is 1.15 bits per heavy atom. The van der Waals surface area contributed by atoms with E-state index in [-0.39, 0.29) is 0 Å². The van der Waals surface area contributed by atoms with Crippen molar-refractivity contribution in [2.24, 2.45) is 0 Å². The number of aromatic nitrogens is 4. The summed E-state index contributed by atoms with van der Waals surface area (Å²) in [6.45, 7) is 3.06. The van der Waals surface area contributed by atoms with Gasteiger partial charge in [-0.15, -0.1) is 11.3 Å². The van der Waals surface area contributed by atoms with Gasteiger partial charge >= 0.3 is 0 Å². The number of fused-ring (bicyclic) bond motifs is 2. The molecule has 5 rings (SSSR count). The van der Waals surface area contributed by atoms with Crippen LogP contribution in [0.5, 0.6) is 0 Å². The minimum absolute atomic E-state index is 0.458. The number of hydrogen-bond acceptors (Lipinski definition) is 4. The van der Waals surface area contributed by atoms with E-state index in [1.807, 2.05) is 11.3 Å². The van der Waals surface area contributed by atoms with Crippen molar-refractivity contribution in [3.63, 3.8) is 0 Å². The summed E-state index contributed by atoms with van der Waals surface area (Å²) < 4.78 is 6.57. The first-order valence-corrected chi connectivity index (χ1v) is 11.4. The summed E-state index contributed by atoms with van der Waals surface area (Å²) in [5, 5.41) is 6.19. The summed E-state index contributed by atoms with van der Waals surface area (Å²) >= 11 is 7.65. The lowest BCUT2D eigenvalue weighted by Crippen LogP contribution is -3.12. The van der Waals surface area contributed by atoms with Gasteiger partial charge in [0.2, 0.25) is 4.77 Å². The van der Waals surface area contributed by atoms with E-state index in [0.717, 1.165) is 29.9 Å². The second-order valence-electron chi connectivity index (χ2n) is 7.80. The van der Waals surface area contributed by atoms with Crippen LogP contribution in [0.15, 0.2) is 24.3 Å². The molecule has 0 radical (unpaired) electrons. The number of piperidine rings is 1. The molecule has 142 valence electrons. The second-order valence-corrected chi connectivity index (χ2v) is 9.22. The average molecular weight is 401 g/mol. The zero-order valence-electron chi connectivity index (χ0n) is 15.6. The van der Waals surface area contributed by atoms with Crippen molar-refractivity contribution in [1.82, 2.24) is 19.3 Å². The van der Waals surface area contributed by atoms with Crippen LogP contribution < -0.4 is 4.90 Å². The minimum Gasteiger partial charge on any atom is -0.308 e. The Hall–Kier alpha value is -1.57. The number of aryl methyl sites for hydroxylation is 1. The molecule has 4 heterocycles. The smallest absolute Gasteiger partial charge is 0.202 e. The number of quaternary nitrogens is 1. The third-order valence-corrected chi connectivity index (χ3v) is 7.56. The van der Waals surface area contributed by atoms with Gasteiger partial charge in [0.15, 0.2) is 11.7 Å². The number of benzene rings is 1. The van der Waals surface area contributed by atoms with Crippen LogP contribution in [0.2, 0.25) is 0 Å². The number of nitrogens with one attached hydrogen (secondary N) is 1. The van der Waals surface area contributed by atoms with Gasteiger partial charge in [0.1, 0.15) is 11.9 Å². The molecule has 2 atom stereocenters. The maximum atomic E-state index is 5.79. The third kappa shape index (κ3) is 3.37. The molecule has 1 saturated heterocycles. The molecule has 2 aliphatic rings. The standard InChI is InChI=1S/C20H25N5S2/c26-20-24-13-6-1-2-11-18(24)22-25(20)14-23-12-7-5-9-16(23)19-21-15-8-3-4-10-17(15)27-19/h3-4,8,10,16H,1-2,5-7,9,11-14H2/p+1/t16-/m1/s1. The number of nitrogens with zero attached hydrogens (tertiary/aromatic N) is 4. The lowest BCUT2D eigenvalue weighted by Gasteiger charge is -2.30. The zero-order chi connectivity index (χ0) is 18.2. The van der Waals surface area contributed by atoms with Crippen LogP contribution in [0.3, 0.4) is 0 Å². The lowest BCUT2D eigenvalue weighted by atomic mass is 10.0. The number of likely N-dealkylation sites (tertiary alicyclic amines) is 1. The highest BCUT2D eigenvalue weighted by Gasteiger charge is 2.31. The third-order valence-electron chi connectivity index (χ3n) is 5.98. The monoisotopic (exact) mass is 400 g/mol. The first kappa shape index (κ1) is 17.5. The van der Waals surface area contributed by atoms with Crippen LogP contribution in [0.4, 0.5) is 0 Å². The SMILES string of the molecule is S=c1n(C[NH+]2CCCC[C@@H]2c2nc3ccccc3s2)nc2n1CCCCC2. The maximum Gasteiger partial charge on any atom is 0.202 e. The fraction of sp³-hybridized carbons (Fsp3) is 0.550. The van der Waals surface area contributed by atoms with Crippen LogP contribution in [0.1, 0.15) is 55.4 Å². The summed E-state index contributed by atoms with van der Waals surface area (Å²) in [6, 6.07) is 8.95. The van der Waals surface area contributed by atoms with Crippen molar-refractivity contribution >= 4 is 33.8 Å². The molecule has 1 unspecified atom stereocenters. The van der Waals surface area contributed by atoms with Crippen molar-refractivity contribution in [2.45, 2.75) is 64.2 Å². The fourth-order valence-electron chi connectivity index (χ4n) is 4.53. The number of thiazole rings is 1. The normalized spacial score (nSPS) is 23.3. The Kier molecular flexibility index (Phi) is 4.83. The number of hydrogen-bond donors (Lipinski definition) is 1. The second kappa shape index (κ2) is 7.45. The van der Waals surface area contributed by atoms with E-state index in [4.69, 9.17) is 22.3 Å². The van der Waals surface area contributed by atoms with E-state index >= 15 is 0 Å². The Morgan fingerprint density at radius 2 is 2.07 bits per heavy atom. The molecule has 5 nitrogen and oxygen atoms in total. The molecule has 2 aliphatic heterocycles. The Morgan fingerprint density at radius 3 is 3.00 bits per heavy atom. The summed E-state index contributed by atoms with van der Waals surface area (Å²) in [4.78, 5) is 6.52. The van der Waals surface area contributed by atoms with Gasteiger partial charge in [0, 0.05) is 19.4 Å². The van der Waals surface area contributed by atoms with Gasteiger partial charge in [-0.3, -0.25) is 0 Å². The van der Waals surface area contributed by atoms with E-state index in [2.05, 4.69) is 33.5 Å². The molecule has 2 aromatic heterocycles. The van der Waals surface area contributed by atoms with Gasteiger partial charge in [0.25, 0.3) is 0 Å². The highest BCUT2D eigenvalue weighted by atomic mass is 32.1. The maximum absolute atomic E-state index is 5.79. The topological polar surface area (TPSA) is 40.1 Å². The van der Waals surface area contributed by atoms with E-state index in [9.17, 15) is 0 Å². The predicted octanol–water partition coefficient (Wildman–Crippen LogP) is 3.52. The minimum atomic E-state index is 0.458. The van der Waals surface area contributed by atoms with E-state index in [1.165, 1.54) is 60.6 Å². The number of para-hydroxylation sites is 1. The lowest BCUT2D eigenvalue weighted by molar-refractivity contribution is -0.959. The van der Waals surface area contributed by atoms with Gasteiger partial charge in [-0.25, -0.2) is 4.98 Å². The first-order valence-electron chi connectivity index (χ1n) is 10.2. The molecule has 7 heteroatoms. The molecule has 0 saturated carbocycles. The van der Waals surface area contributed by atoms with Crippen LogP contribution in [0, 0.1) is 4.77 Å². The number of rotatable bonds is 3. The molecule has 0 aliphatic carbocycles. The Bertz CT molecular complexity index is 968. The molecule has 1 N–H and O–H groups in total. The largest absolute Gasteiger partial charge is 0.308 e. The molecule has 0 bridgehead atoms. The summed E-state index contributed by atoms with van der Waals surface area (Å²) in [5.74, 6) is 1.19. The summed E-state index contributed by atoms with van der Waals surface area (Å²) in [6.07, 6.45) is 8.57.